The van der Waals surface area contributed by atoms with Crippen molar-refractivity contribution in [2.45, 2.75) is 44.6 Å². The van der Waals surface area contributed by atoms with E-state index in [-0.39, 0.29) is 5.91 Å². The highest BCUT2D eigenvalue weighted by Crippen LogP contribution is 2.19. The van der Waals surface area contributed by atoms with E-state index in [2.05, 4.69) is 15.6 Å². The average molecular weight is 247 g/mol. The van der Waals surface area contributed by atoms with Gasteiger partial charge in [-0.2, -0.15) is 0 Å². The molecular weight excluding hydrogens is 226 g/mol. The maximum atomic E-state index is 12.2. The van der Waals surface area contributed by atoms with Crippen molar-refractivity contribution >= 4 is 11.6 Å². The standard InChI is InChI=1S/C14H21N3O/c1-15-13-8-9-16-10-12(13)14(18)17-11-6-4-2-3-5-7-11/h8-11H,2-7H2,1H3,(H,15,16)(H,17,18). The molecule has 1 amide bonds. The maximum Gasteiger partial charge on any atom is 0.255 e. The maximum absolute atomic E-state index is 12.2. The number of hydrogen-bond acceptors (Lipinski definition) is 3. The Morgan fingerprint density at radius 2 is 2.00 bits per heavy atom. The molecule has 98 valence electrons. The van der Waals surface area contributed by atoms with Gasteiger partial charge in [-0.05, 0) is 18.9 Å². The number of hydrogen-bond donors (Lipinski definition) is 2. The van der Waals surface area contributed by atoms with Crippen molar-refractivity contribution in [3.05, 3.63) is 24.0 Å². The third-order valence-electron chi connectivity index (χ3n) is 3.53. The van der Waals surface area contributed by atoms with Gasteiger partial charge < -0.3 is 10.6 Å². The molecule has 0 atom stereocenters. The van der Waals surface area contributed by atoms with Gasteiger partial charge >= 0.3 is 0 Å². The lowest BCUT2D eigenvalue weighted by molar-refractivity contribution is 0.0934. The minimum absolute atomic E-state index is 0.0145. The van der Waals surface area contributed by atoms with Crippen LogP contribution in [0.25, 0.3) is 0 Å². The quantitative estimate of drug-likeness (QED) is 0.807. The van der Waals surface area contributed by atoms with E-state index >= 15 is 0 Å². The summed E-state index contributed by atoms with van der Waals surface area (Å²) in [5.41, 5.74) is 1.46. The molecule has 0 bridgehead atoms. The van der Waals surface area contributed by atoms with Crippen molar-refractivity contribution in [2.75, 3.05) is 12.4 Å². The van der Waals surface area contributed by atoms with Crippen molar-refractivity contribution < 1.29 is 4.79 Å². The summed E-state index contributed by atoms with van der Waals surface area (Å²) in [6.45, 7) is 0. The van der Waals surface area contributed by atoms with Gasteiger partial charge in [-0.1, -0.05) is 25.7 Å². The molecule has 2 N–H and O–H groups in total. The van der Waals surface area contributed by atoms with Crippen LogP contribution in [0.4, 0.5) is 5.69 Å². The molecule has 1 aromatic heterocycles. The van der Waals surface area contributed by atoms with Gasteiger partial charge in [0.05, 0.1) is 5.56 Å². The van der Waals surface area contributed by atoms with Crippen LogP contribution in [0.15, 0.2) is 18.5 Å². The Kier molecular flexibility index (Phi) is 4.56. The fraction of sp³-hybridized carbons (Fsp3) is 0.571. The summed E-state index contributed by atoms with van der Waals surface area (Å²) in [6, 6.07) is 2.15. The Labute approximate surface area is 108 Å². The lowest BCUT2D eigenvalue weighted by Gasteiger charge is -2.17. The summed E-state index contributed by atoms with van der Waals surface area (Å²) in [5.74, 6) is -0.0145. The summed E-state index contributed by atoms with van der Waals surface area (Å²) in [5, 5.41) is 6.16. The van der Waals surface area contributed by atoms with E-state index < -0.39 is 0 Å². The fourth-order valence-electron chi connectivity index (χ4n) is 2.48. The molecule has 4 heteroatoms. The Hall–Kier alpha value is -1.58. The second kappa shape index (κ2) is 6.38. The minimum atomic E-state index is -0.0145. The molecule has 1 heterocycles. The van der Waals surface area contributed by atoms with Crippen LogP contribution < -0.4 is 10.6 Å². The van der Waals surface area contributed by atoms with E-state index in [0.717, 1.165) is 18.5 Å². The SMILES string of the molecule is CNc1ccncc1C(=O)NC1CCCCCC1. The van der Waals surface area contributed by atoms with Gasteiger partial charge in [0.25, 0.3) is 5.91 Å². The van der Waals surface area contributed by atoms with Crippen LogP contribution in [0.1, 0.15) is 48.9 Å². The van der Waals surface area contributed by atoms with Crippen LogP contribution >= 0.6 is 0 Å². The highest BCUT2D eigenvalue weighted by Gasteiger charge is 2.17. The zero-order valence-electron chi connectivity index (χ0n) is 10.9. The van der Waals surface area contributed by atoms with Gasteiger partial charge in [0.2, 0.25) is 0 Å². The smallest absolute Gasteiger partial charge is 0.255 e. The Morgan fingerprint density at radius 3 is 2.67 bits per heavy atom. The highest BCUT2D eigenvalue weighted by molar-refractivity contribution is 5.99. The first-order chi connectivity index (χ1) is 8.81. The molecule has 1 fully saturated rings. The van der Waals surface area contributed by atoms with Gasteiger partial charge in [-0.15, -0.1) is 0 Å². The van der Waals surface area contributed by atoms with E-state index in [0.29, 0.717) is 11.6 Å². The molecule has 0 spiro atoms. The molecule has 0 unspecified atom stereocenters. The van der Waals surface area contributed by atoms with Gasteiger partial charge in [0.15, 0.2) is 0 Å². The molecule has 0 saturated heterocycles. The Bertz CT molecular complexity index is 398. The topological polar surface area (TPSA) is 54.0 Å². The van der Waals surface area contributed by atoms with Gasteiger partial charge in [0, 0.05) is 31.2 Å². The van der Waals surface area contributed by atoms with Gasteiger partial charge in [-0.3, -0.25) is 9.78 Å². The van der Waals surface area contributed by atoms with Crippen LogP contribution in [-0.4, -0.2) is 24.0 Å². The highest BCUT2D eigenvalue weighted by atomic mass is 16.1. The van der Waals surface area contributed by atoms with Crippen molar-refractivity contribution in [3.8, 4) is 0 Å². The molecule has 1 aliphatic rings. The van der Waals surface area contributed by atoms with Crippen LogP contribution in [0.5, 0.6) is 0 Å². The Morgan fingerprint density at radius 1 is 1.28 bits per heavy atom. The van der Waals surface area contributed by atoms with E-state index in [1.807, 2.05) is 13.1 Å². The lowest BCUT2D eigenvalue weighted by atomic mass is 10.1. The van der Waals surface area contributed by atoms with Crippen molar-refractivity contribution in [3.63, 3.8) is 0 Å². The molecule has 0 aliphatic heterocycles. The van der Waals surface area contributed by atoms with Crippen molar-refractivity contribution in [1.29, 1.82) is 0 Å². The minimum Gasteiger partial charge on any atom is -0.387 e. The number of amides is 1. The first-order valence-corrected chi connectivity index (χ1v) is 6.74. The molecule has 2 rings (SSSR count). The predicted molar refractivity (Wildman–Crippen MR) is 72.7 cm³/mol. The van der Waals surface area contributed by atoms with Crippen molar-refractivity contribution in [2.24, 2.45) is 0 Å². The largest absolute Gasteiger partial charge is 0.387 e. The monoisotopic (exact) mass is 247 g/mol. The second-order valence-electron chi connectivity index (χ2n) is 4.83. The predicted octanol–water partition coefficient (Wildman–Crippen LogP) is 2.58. The molecule has 1 aromatic rings. The summed E-state index contributed by atoms with van der Waals surface area (Å²) in [7, 11) is 1.82. The molecule has 18 heavy (non-hydrogen) atoms. The molecule has 4 nitrogen and oxygen atoms in total. The van der Waals surface area contributed by atoms with E-state index in [9.17, 15) is 4.79 Å². The summed E-state index contributed by atoms with van der Waals surface area (Å²) in [4.78, 5) is 16.2. The molecule has 0 aromatic carbocycles. The first-order valence-electron chi connectivity index (χ1n) is 6.74. The van der Waals surface area contributed by atoms with Gasteiger partial charge in [-0.25, -0.2) is 0 Å². The third-order valence-corrected chi connectivity index (χ3v) is 3.53. The number of rotatable bonds is 3. The number of carbonyl (C=O) groups excluding carboxylic acids is 1. The van der Waals surface area contributed by atoms with Gasteiger partial charge in [0.1, 0.15) is 0 Å². The molecule has 1 saturated carbocycles. The van der Waals surface area contributed by atoms with Crippen LogP contribution in [0.3, 0.4) is 0 Å². The van der Waals surface area contributed by atoms with Crippen LogP contribution in [0.2, 0.25) is 0 Å². The number of carbonyl (C=O) groups is 1. The van der Waals surface area contributed by atoms with E-state index in [1.54, 1.807) is 12.4 Å². The summed E-state index contributed by atoms with van der Waals surface area (Å²) in [6.07, 6.45) is 10.5. The van der Waals surface area contributed by atoms with E-state index in [4.69, 9.17) is 0 Å². The molecule has 1 aliphatic carbocycles. The Balaban J connectivity index is 2.02. The number of nitrogens with one attached hydrogen (secondary N) is 2. The normalized spacial score (nSPS) is 16.9. The zero-order valence-corrected chi connectivity index (χ0v) is 10.9. The second-order valence-corrected chi connectivity index (χ2v) is 4.83. The number of pyridine rings is 1. The molecule has 0 radical (unpaired) electrons. The number of nitrogens with zero attached hydrogens (tertiary/aromatic N) is 1. The number of anilines is 1. The van der Waals surface area contributed by atoms with E-state index in [1.165, 1.54) is 25.7 Å². The van der Waals surface area contributed by atoms with Crippen LogP contribution in [-0.2, 0) is 0 Å². The first kappa shape index (κ1) is 12.9. The average Bonchev–Trinajstić information content (AvgIpc) is 2.67. The zero-order chi connectivity index (χ0) is 12.8. The fourth-order valence-corrected chi connectivity index (χ4v) is 2.48. The number of aromatic nitrogens is 1. The van der Waals surface area contributed by atoms with Crippen molar-refractivity contribution in [1.82, 2.24) is 10.3 Å². The summed E-state index contributed by atoms with van der Waals surface area (Å²) < 4.78 is 0. The lowest BCUT2D eigenvalue weighted by Crippen LogP contribution is -2.34. The summed E-state index contributed by atoms with van der Waals surface area (Å²) >= 11 is 0. The van der Waals surface area contributed by atoms with Crippen LogP contribution in [0, 0.1) is 0 Å². The third kappa shape index (κ3) is 3.22. The molecular formula is C14H21N3O.